The van der Waals surface area contributed by atoms with Gasteiger partial charge in [-0.1, -0.05) is 19.1 Å². The zero-order chi connectivity index (χ0) is 25.3. The Morgan fingerprint density at radius 2 is 2.09 bits per heavy atom. The summed E-state index contributed by atoms with van der Waals surface area (Å²) in [6.07, 6.45) is 5.04. The van der Waals surface area contributed by atoms with Gasteiger partial charge in [-0.2, -0.15) is 5.10 Å². The van der Waals surface area contributed by atoms with E-state index in [0.717, 1.165) is 11.1 Å². The number of allylic oxidation sites excluding steroid dienone is 2. The van der Waals surface area contributed by atoms with Crippen molar-refractivity contribution in [1.29, 1.82) is 0 Å². The molecule has 0 saturated carbocycles. The number of rotatable bonds is 12. The first-order valence-electron chi connectivity index (χ1n) is 11.0. The number of nitrogens with two attached hydrogens (primary N) is 1. The fourth-order valence-electron chi connectivity index (χ4n) is 3.90. The van der Waals surface area contributed by atoms with Crippen molar-refractivity contribution < 1.29 is 13.2 Å². The van der Waals surface area contributed by atoms with Gasteiger partial charge in [0.1, 0.15) is 17.9 Å². The molecule has 0 saturated heterocycles. The lowest BCUT2D eigenvalue weighted by atomic mass is 9.90. The van der Waals surface area contributed by atoms with E-state index >= 15 is 0 Å². The van der Waals surface area contributed by atoms with Crippen LogP contribution in [-0.2, 0) is 13.0 Å². The summed E-state index contributed by atoms with van der Waals surface area (Å²) in [6.45, 7) is 11.7. The molecule has 1 aliphatic rings. The molecule has 6 nitrogen and oxygen atoms in total. The Morgan fingerprint density at radius 1 is 1.35 bits per heavy atom. The van der Waals surface area contributed by atoms with Crippen LogP contribution in [0.25, 0.3) is 0 Å². The Morgan fingerprint density at radius 3 is 2.71 bits per heavy atom. The standard InChI is InChI=1S/C25H33F3N6/c1-6-7-8-20-17(2)9-10-23(26)22(20)15-34(16-32-30-4)14-19(13-33(5)29)21-11-24(25(27)28)31-12-18(21)3/h6,9-11,13,16,18,25H,1,4,7-8,12,14-15,29H2,2-3,5H3/b19-13+,32-16-. The second kappa shape index (κ2) is 12.9. The Balaban J connectivity index is 2.48. The number of aryl methyl sites for hydroxylation is 1. The molecule has 1 atom stereocenters. The van der Waals surface area contributed by atoms with Crippen LogP contribution in [-0.4, -0.2) is 55.2 Å². The maximum atomic E-state index is 15.0. The average Bonchev–Trinajstić information content (AvgIpc) is 2.78. The van der Waals surface area contributed by atoms with E-state index < -0.39 is 6.43 Å². The van der Waals surface area contributed by atoms with Gasteiger partial charge in [0.05, 0.1) is 0 Å². The van der Waals surface area contributed by atoms with Crippen molar-refractivity contribution in [3.63, 3.8) is 0 Å². The lowest BCUT2D eigenvalue weighted by Crippen LogP contribution is -2.30. The number of hydrazine groups is 1. The summed E-state index contributed by atoms with van der Waals surface area (Å²) in [5, 5.41) is 8.80. The Hall–Kier alpha value is -3.20. The van der Waals surface area contributed by atoms with E-state index in [1.807, 2.05) is 13.8 Å². The van der Waals surface area contributed by atoms with Crippen LogP contribution >= 0.6 is 0 Å². The maximum absolute atomic E-state index is 15.0. The number of nitrogens with zero attached hydrogens (tertiary/aromatic N) is 5. The second-order valence-corrected chi connectivity index (χ2v) is 8.31. The molecular formula is C25H33F3N6. The molecule has 1 aliphatic heterocycles. The van der Waals surface area contributed by atoms with Crippen molar-refractivity contribution in [3.05, 3.63) is 70.7 Å². The Labute approximate surface area is 199 Å². The molecule has 9 heteroatoms. The number of halogens is 3. The fourth-order valence-corrected chi connectivity index (χ4v) is 3.90. The highest BCUT2D eigenvalue weighted by molar-refractivity contribution is 5.99. The number of dihydropyridines is 1. The minimum absolute atomic E-state index is 0.0936. The van der Waals surface area contributed by atoms with Crippen LogP contribution in [0.2, 0.25) is 0 Å². The van der Waals surface area contributed by atoms with E-state index in [1.54, 1.807) is 30.3 Å². The van der Waals surface area contributed by atoms with Crippen LogP contribution in [0.5, 0.6) is 0 Å². The van der Waals surface area contributed by atoms with Crippen molar-refractivity contribution in [2.24, 2.45) is 27.0 Å². The van der Waals surface area contributed by atoms with Crippen LogP contribution in [0.4, 0.5) is 13.2 Å². The summed E-state index contributed by atoms with van der Waals surface area (Å²) in [5.74, 6) is 5.47. The molecule has 1 heterocycles. The van der Waals surface area contributed by atoms with Crippen molar-refractivity contribution in [2.75, 3.05) is 20.1 Å². The van der Waals surface area contributed by atoms with Gasteiger partial charge in [-0.25, -0.2) is 19.0 Å². The highest BCUT2D eigenvalue weighted by Crippen LogP contribution is 2.27. The van der Waals surface area contributed by atoms with Gasteiger partial charge in [0, 0.05) is 51.1 Å². The Bertz CT molecular complexity index is 995. The maximum Gasteiger partial charge on any atom is 0.279 e. The monoisotopic (exact) mass is 474 g/mol. The summed E-state index contributed by atoms with van der Waals surface area (Å²) in [4.78, 5) is 5.74. The molecule has 0 aliphatic carbocycles. The normalized spacial score (nSPS) is 16.5. The van der Waals surface area contributed by atoms with E-state index in [-0.39, 0.29) is 37.1 Å². The summed E-state index contributed by atoms with van der Waals surface area (Å²) in [7, 11) is 1.65. The quantitative estimate of drug-likeness (QED) is 0.157. The molecule has 184 valence electrons. The molecule has 1 aromatic rings. The van der Waals surface area contributed by atoms with Crippen molar-refractivity contribution >= 4 is 18.8 Å². The molecule has 2 N–H and O–H groups in total. The topological polar surface area (TPSA) is 69.6 Å². The molecule has 0 bridgehead atoms. The van der Waals surface area contributed by atoms with Crippen LogP contribution in [0.1, 0.15) is 30.0 Å². The molecule has 1 aromatic carbocycles. The third-order valence-electron chi connectivity index (χ3n) is 5.57. The van der Waals surface area contributed by atoms with Crippen LogP contribution in [0, 0.1) is 18.7 Å². The third kappa shape index (κ3) is 7.41. The average molecular weight is 475 g/mol. The van der Waals surface area contributed by atoms with Crippen molar-refractivity contribution in [3.8, 4) is 0 Å². The van der Waals surface area contributed by atoms with Gasteiger partial charge in [-0.05, 0) is 54.2 Å². The van der Waals surface area contributed by atoms with E-state index in [4.69, 9.17) is 5.84 Å². The summed E-state index contributed by atoms with van der Waals surface area (Å²) in [5.41, 5.74) is 3.56. The molecule has 1 unspecified atom stereocenters. The lowest BCUT2D eigenvalue weighted by molar-refractivity contribution is 0.226. The molecule has 34 heavy (non-hydrogen) atoms. The number of benzene rings is 1. The molecular weight excluding hydrogens is 441 g/mol. The first-order chi connectivity index (χ1) is 16.2. The highest BCUT2D eigenvalue weighted by Gasteiger charge is 2.24. The minimum atomic E-state index is -2.67. The largest absolute Gasteiger partial charge is 0.352 e. The lowest BCUT2D eigenvalue weighted by Gasteiger charge is -2.28. The van der Waals surface area contributed by atoms with Crippen LogP contribution in [0.3, 0.4) is 0 Å². The van der Waals surface area contributed by atoms with Gasteiger partial charge in [0.25, 0.3) is 6.43 Å². The molecule has 0 amide bonds. The Kier molecular flexibility index (Phi) is 10.2. The van der Waals surface area contributed by atoms with Gasteiger partial charge in [0.2, 0.25) is 0 Å². The smallest absolute Gasteiger partial charge is 0.279 e. The SMILES string of the molecule is C=CCCc1c(C)ccc(F)c1CN(/C=N\N=C)C/C(=C\N(C)N)C1=CC(C(F)F)=NCC1C. The molecule has 0 fully saturated rings. The molecule has 0 radical (unpaired) electrons. The van der Waals surface area contributed by atoms with Crippen molar-refractivity contribution in [1.82, 2.24) is 9.91 Å². The van der Waals surface area contributed by atoms with Gasteiger partial charge >= 0.3 is 0 Å². The van der Waals surface area contributed by atoms with E-state index in [0.29, 0.717) is 29.6 Å². The minimum Gasteiger partial charge on any atom is -0.352 e. The summed E-state index contributed by atoms with van der Waals surface area (Å²) in [6, 6.07) is 3.21. The van der Waals surface area contributed by atoms with Crippen LogP contribution in [0.15, 0.2) is 63.4 Å². The fraction of sp³-hybridized carbons (Fsp3) is 0.400. The van der Waals surface area contributed by atoms with Crippen LogP contribution < -0.4 is 5.84 Å². The van der Waals surface area contributed by atoms with Gasteiger partial charge in [0.15, 0.2) is 0 Å². The number of aliphatic imine (C=N–C) groups is 1. The zero-order valence-electron chi connectivity index (χ0n) is 20.0. The molecule has 2 rings (SSSR count). The van der Waals surface area contributed by atoms with Gasteiger partial charge in [-0.15, -0.1) is 11.7 Å². The number of hydrogen-bond acceptors (Lipinski definition) is 5. The molecule has 0 spiro atoms. The predicted molar refractivity (Wildman–Crippen MR) is 134 cm³/mol. The highest BCUT2D eigenvalue weighted by atomic mass is 19.3. The first-order valence-corrected chi connectivity index (χ1v) is 11.0. The zero-order valence-corrected chi connectivity index (χ0v) is 20.0. The summed E-state index contributed by atoms with van der Waals surface area (Å²) < 4.78 is 41.7. The second-order valence-electron chi connectivity index (χ2n) is 8.31. The van der Waals surface area contributed by atoms with E-state index in [2.05, 4.69) is 28.5 Å². The van der Waals surface area contributed by atoms with Crippen molar-refractivity contribution in [2.45, 2.75) is 39.7 Å². The summed E-state index contributed by atoms with van der Waals surface area (Å²) >= 11 is 0. The van der Waals surface area contributed by atoms with Gasteiger partial charge in [-0.3, -0.25) is 4.99 Å². The molecule has 0 aromatic heterocycles. The first kappa shape index (κ1) is 27.0. The third-order valence-corrected chi connectivity index (χ3v) is 5.57. The number of alkyl halides is 2. The van der Waals surface area contributed by atoms with Gasteiger partial charge < -0.3 is 9.91 Å². The van der Waals surface area contributed by atoms with E-state index in [9.17, 15) is 13.2 Å². The predicted octanol–water partition coefficient (Wildman–Crippen LogP) is 4.67. The van der Waals surface area contributed by atoms with E-state index in [1.165, 1.54) is 23.5 Å². The number of hydrogen-bond donors (Lipinski definition) is 1.